The second-order valence-electron chi connectivity index (χ2n) is 6.97. The van der Waals surface area contributed by atoms with Gasteiger partial charge < -0.3 is 0 Å². The van der Waals surface area contributed by atoms with Crippen molar-refractivity contribution in [3.05, 3.63) is 115 Å². The molecule has 0 saturated carbocycles. The van der Waals surface area contributed by atoms with E-state index in [9.17, 15) is 19.7 Å². The molecule has 0 aliphatic carbocycles. The van der Waals surface area contributed by atoms with Gasteiger partial charge in [0.25, 0.3) is 11.2 Å². The molecule has 0 radical (unpaired) electrons. The number of aromatic nitrogens is 2. The van der Waals surface area contributed by atoms with Crippen LogP contribution in [-0.4, -0.2) is 14.1 Å². The molecule has 7 heteroatoms. The van der Waals surface area contributed by atoms with E-state index >= 15 is 0 Å². The Bertz CT molecular complexity index is 1350. The number of benzene rings is 3. The predicted octanol–water partition coefficient (Wildman–Crippen LogP) is 3.67. The molecule has 1 heterocycles. The molecule has 0 atom stereocenters. The minimum atomic E-state index is -0.467. The molecule has 0 N–H and O–H groups in total. The molecule has 1 aromatic heterocycles. The highest BCUT2D eigenvalue weighted by Gasteiger charge is 2.15. The van der Waals surface area contributed by atoms with Crippen LogP contribution < -0.4 is 11.2 Å². The van der Waals surface area contributed by atoms with Gasteiger partial charge in [0.15, 0.2) is 0 Å². The number of hydrogen-bond acceptors (Lipinski definition) is 4. The van der Waals surface area contributed by atoms with Crippen LogP contribution in [0.3, 0.4) is 0 Å². The van der Waals surface area contributed by atoms with E-state index in [0.717, 1.165) is 17.5 Å². The fraction of sp³-hybridized carbons (Fsp3) is 0.130. The Kier molecular flexibility index (Phi) is 5.02. The fourth-order valence-electron chi connectivity index (χ4n) is 3.49. The third-order valence-corrected chi connectivity index (χ3v) is 5.14. The third-order valence-electron chi connectivity index (χ3n) is 5.14. The van der Waals surface area contributed by atoms with Crippen LogP contribution >= 0.6 is 0 Å². The molecule has 0 unspecified atom stereocenters. The van der Waals surface area contributed by atoms with Crippen LogP contribution in [0.25, 0.3) is 16.6 Å². The average Bonchev–Trinajstić information content (AvgIpc) is 2.77. The number of non-ortho nitro benzene ring substituents is 1. The zero-order valence-corrected chi connectivity index (χ0v) is 16.3. The lowest BCUT2D eigenvalue weighted by Gasteiger charge is -2.14. The molecule has 0 aliphatic heterocycles. The van der Waals surface area contributed by atoms with Crippen LogP contribution in [0.5, 0.6) is 0 Å². The van der Waals surface area contributed by atoms with Gasteiger partial charge in [-0.2, -0.15) is 0 Å². The van der Waals surface area contributed by atoms with Gasteiger partial charge >= 0.3 is 5.69 Å². The van der Waals surface area contributed by atoms with E-state index in [4.69, 9.17) is 0 Å². The second kappa shape index (κ2) is 7.79. The van der Waals surface area contributed by atoms with E-state index < -0.39 is 10.6 Å². The van der Waals surface area contributed by atoms with Crippen molar-refractivity contribution in [1.29, 1.82) is 0 Å². The second-order valence-corrected chi connectivity index (χ2v) is 6.97. The van der Waals surface area contributed by atoms with Crippen molar-refractivity contribution < 1.29 is 4.92 Å². The Morgan fingerprint density at radius 2 is 1.50 bits per heavy atom. The summed E-state index contributed by atoms with van der Waals surface area (Å²) in [7, 11) is 0. The Hall–Kier alpha value is -4.00. The summed E-state index contributed by atoms with van der Waals surface area (Å²) < 4.78 is 2.69. The monoisotopic (exact) mass is 401 g/mol. The molecule has 0 spiro atoms. The summed E-state index contributed by atoms with van der Waals surface area (Å²) in [6.45, 7) is 2.22. The number of aryl methyl sites for hydroxylation is 1. The van der Waals surface area contributed by atoms with Gasteiger partial charge in [-0.25, -0.2) is 9.36 Å². The van der Waals surface area contributed by atoms with Crippen LogP contribution in [0.15, 0.2) is 82.4 Å². The number of nitro groups is 1. The first-order valence-corrected chi connectivity index (χ1v) is 9.57. The number of nitro benzene ring substituents is 1. The van der Waals surface area contributed by atoms with Crippen LogP contribution in [0.1, 0.15) is 18.1 Å². The largest absolute Gasteiger partial charge is 0.336 e. The molecule has 4 aromatic rings. The highest BCUT2D eigenvalue weighted by molar-refractivity contribution is 5.78. The quantitative estimate of drug-likeness (QED) is 0.377. The lowest BCUT2D eigenvalue weighted by atomic mass is 10.1. The minimum Gasteiger partial charge on any atom is -0.288 e. The number of rotatable bonds is 5. The highest BCUT2D eigenvalue weighted by Crippen LogP contribution is 2.16. The van der Waals surface area contributed by atoms with Gasteiger partial charge in [-0.1, -0.05) is 43.3 Å². The van der Waals surface area contributed by atoms with Gasteiger partial charge in [-0.05, 0) is 41.8 Å². The Balaban J connectivity index is 1.91. The molecule has 7 nitrogen and oxygen atoms in total. The molecule has 0 amide bonds. The Labute approximate surface area is 171 Å². The molecule has 0 aliphatic rings. The van der Waals surface area contributed by atoms with E-state index in [1.54, 1.807) is 48.5 Å². The van der Waals surface area contributed by atoms with Crippen LogP contribution in [0.4, 0.5) is 5.69 Å². The summed E-state index contributed by atoms with van der Waals surface area (Å²) >= 11 is 0. The normalized spacial score (nSPS) is 11.0. The average molecular weight is 401 g/mol. The van der Waals surface area contributed by atoms with Crippen molar-refractivity contribution in [1.82, 2.24) is 9.13 Å². The lowest BCUT2D eigenvalue weighted by molar-refractivity contribution is -0.384. The molecule has 0 bridgehead atoms. The number of fused-ring (bicyclic) bond motifs is 1. The third kappa shape index (κ3) is 3.41. The van der Waals surface area contributed by atoms with Gasteiger partial charge in [0, 0.05) is 12.1 Å². The number of hydrogen-bond donors (Lipinski definition) is 0. The van der Waals surface area contributed by atoms with E-state index in [1.165, 1.54) is 21.3 Å². The van der Waals surface area contributed by atoms with Gasteiger partial charge in [-0.3, -0.25) is 19.5 Å². The maximum atomic E-state index is 13.4. The van der Waals surface area contributed by atoms with Crippen LogP contribution in [0.2, 0.25) is 0 Å². The highest BCUT2D eigenvalue weighted by atomic mass is 16.6. The minimum absolute atomic E-state index is 0.0167. The van der Waals surface area contributed by atoms with Crippen molar-refractivity contribution >= 4 is 16.6 Å². The summed E-state index contributed by atoms with van der Waals surface area (Å²) in [4.78, 5) is 36.9. The molecule has 0 fully saturated rings. The van der Waals surface area contributed by atoms with Crippen molar-refractivity contribution in [2.24, 2.45) is 0 Å². The number of nitrogens with zero attached hydrogens (tertiary/aromatic N) is 3. The molecule has 4 rings (SSSR count). The van der Waals surface area contributed by atoms with Gasteiger partial charge in [0.1, 0.15) is 0 Å². The van der Waals surface area contributed by atoms with Gasteiger partial charge in [-0.15, -0.1) is 0 Å². The topological polar surface area (TPSA) is 87.1 Å². The standard InChI is InChI=1S/C23H19N3O4/c1-2-16-7-11-18(12-8-16)25-22(27)20-5-3-4-6-21(20)24(23(25)28)15-17-9-13-19(14-10-17)26(29)30/h3-14H,2,15H2,1H3. The molecular formula is C23H19N3O4. The van der Waals surface area contributed by atoms with Crippen molar-refractivity contribution in [3.8, 4) is 5.69 Å². The number of para-hydroxylation sites is 1. The van der Waals surface area contributed by atoms with Crippen molar-refractivity contribution in [2.75, 3.05) is 0 Å². The molecule has 150 valence electrons. The Morgan fingerprint density at radius 3 is 2.13 bits per heavy atom. The summed E-state index contributed by atoms with van der Waals surface area (Å²) in [5, 5.41) is 11.3. The molecule has 30 heavy (non-hydrogen) atoms. The molecule has 3 aromatic carbocycles. The zero-order chi connectivity index (χ0) is 21.3. The summed E-state index contributed by atoms with van der Waals surface area (Å²) in [6.07, 6.45) is 0.858. The predicted molar refractivity (Wildman–Crippen MR) is 115 cm³/mol. The van der Waals surface area contributed by atoms with E-state index in [2.05, 4.69) is 0 Å². The van der Waals surface area contributed by atoms with E-state index in [-0.39, 0.29) is 17.8 Å². The van der Waals surface area contributed by atoms with Gasteiger partial charge in [0.05, 0.1) is 28.1 Å². The maximum Gasteiger partial charge on any atom is 0.336 e. The molecular weight excluding hydrogens is 382 g/mol. The lowest BCUT2D eigenvalue weighted by Crippen LogP contribution is -2.39. The molecule has 0 saturated heterocycles. The van der Waals surface area contributed by atoms with E-state index in [1.807, 2.05) is 19.1 Å². The van der Waals surface area contributed by atoms with E-state index in [0.29, 0.717) is 16.6 Å². The van der Waals surface area contributed by atoms with Crippen molar-refractivity contribution in [3.63, 3.8) is 0 Å². The summed E-state index contributed by atoms with van der Waals surface area (Å²) in [6, 6.07) is 20.3. The van der Waals surface area contributed by atoms with Crippen LogP contribution in [-0.2, 0) is 13.0 Å². The van der Waals surface area contributed by atoms with Gasteiger partial charge in [0.2, 0.25) is 0 Å². The SMILES string of the molecule is CCc1ccc(-n2c(=O)c3ccccc3n(Cc3ccc([N+](=O)[O-])cc3)c2=O)cc1. The maximum absolute atomic E-state index is 13.4. The first kappa shape index (κ1) is 19.3. The smallest absolute Gasteiger partial charge is 0.288 e. The van der Waals surface area contributed by atoms with Crippen molar-refractivity contribution in [2.45, 2.75) is 19.9 Å². The summed E-state index contributed by atoms with van der Waals surface area (Å²) in [5.74, 6) is 0. The Morgan fingerprint density at radius 1 is 0.867 bits per heavy atom. The first-order valence-electron chi connectivity index (χ1n) is 9.57. The zero-order valence-electron chi connectivity index (χ0n) is 16.3. The van der Waals surface area contributed by atoms with Crippen LogP contribution in [0, 0.1) is 10.1 Å². The fourth-order valence-corrected chi connectivity index (χ4v) is 3.49. The first-order chi connectivity index (χ1) is 14.5. The summed E-state index contributed by atoms with van der Waals surface area (Å²) in [5.41, 5.74) is 2.01.